The number of benzene rings is 1. The van der Waals surface area contributed by atoms with Gasteiger partial charge in [0.2, 0.25) is 0 Å². The van der Waals surface area contributed by atoms with Crippen molar-refractivity contribution in [3.63, 3.8) is 0 Å². The molecule has 2 aliphatic heterocycles. The van der Waals surface area contributed by atoms with Crippen molar-refractivity contribution in [3.8, 4) is 11.4 Å². The Kier molecular flexibility index (Phi) is 3.49. The minimum absolute atomic E-state index is 0.120. The van der Waals surface area contributed by atoms with Crippen molar-refractivity contribution >= 4 is 11.7 Å². The van der Waals surface area contributed by atoms with Gasteiger partial charge in [-0.2, -0.15) is 5.10 Å². The number of hydrogen-bond acceptors (Lipinski definition) is 4. The first-order chi connectivity index (χ1) is 11.2. The van der Waals surface area contributed by atoms with Crippen LogP contribution in [-0.2, 0) is 11.8 Å². The number of aromatic nitrogens is 3. The third-order valence-electron chi connectivity index (χ3n) is 4.40. The molecule has 0 saturated carbocycles. The number of carbonyl (C=O) groups excluding carboxylic acids is 1. The highest BCUT2D eigenvalue weighted by atomic mass is 16.5. The number of hydrogen-bond donors (Lipinski definition) is 2. The minimum atomic E-state index is -0.197. The maximum Gasteiger partial charge on any atom is 0.319 e. The molecule has 0 radical (unpaired) electrons. The maximum atomic E-state index is 12.2. The summed E-state index contributed by atoms with van der Waals surface area (Å²) in [6.07, 6.45) is 5.21. The first-order valence-corrected chi connectivity index (χ1v) is 7.86. The average Bonchev–Trinajstić information content (AvgIpc) is 3.24. The molecule has 3 heterocycles. The summed E-state index contributed by atoms with van der Waals surface area (Å²) in [5.41, 5.74) is 1.59. The van der Waals surface area contributed by atoms with Crippen molar-refractivity contribution in [1.29, 1.82) is 0 Å². The van der Waals surface area contributed by atoms with Crippen LogP contribution in [0.3, 0.4) is 0 Å². The highest BCUT2D eigenvalue weighted by Gasteiger charge is 2.41. The number of fused-ring (bicyclic) bond motifs is 2. The molecule has 2 aromatic rings. The van der Waals surface area contributed by atoms with Crippen molar-refractivity contribution in [2.45, 2.75) is 37.5 Å². The van der Waals surface area contributed by atoms with Gasteiger partial charge in [-0.1, -0.05) is 12.1 Å². The third kappa shape index (κ3) is 2.92. The summed E-state index contributed by atoms with van der Waals surface area (Å²) in [5.74, 6) is 0.637. The van der Waals surface area contributed by atoms with E-state index in [1.807, 2.05) is 31.3 Å². The topological polar surface area (TPSA) is 81.1 Å². The van der Waals surface area contributed by atoms with Crippen LogP contribution in [0.1, 0.15) is 19.3 Å². The molecule has 2 aliphatic rings. The number of ether oxygens (including phenoxy) is 1. The van der Waals surface area contributed by atoms with Crippen LogP contribution in [0.15, 0.2) is 30.6 Å². The largest absolute Gasteiger partial charge is 0.373 e. The number of nitrogens with zero attached hydrogens (tertiary/aromatic N) is 3. The number of urea groups is 1. The highest BCUT2D eigenvalue weighted by Crippen LogP contribution is 2.34. The first kappa shape index (κ1) is 14.2. The van der Waals surface area contributed by atoms with E-state index < -0.39 is 0 Å². The van der Waals surface area contributed by atoms with Crippen molar-refractivity contribution in [1.82, 2.24) is 20.1 Å². The highest BCUT2D eigenvalue weighted by molar-refractivity contribution is 5.90. The summed E-state index contributed by atoms with van der Waals surface area (Å²) in [7, 11) is 1.82. The van der Waals surface area contributed by atoms with Gasteiger partial charge in [-0.25, -0.2) is 9.78 Å². The normalized spacial score (nSPS) is 25.5. The Labute approximate surface area is 134 Å². The maximum absolute atomic E-state index is 12.2. The molecular formula is C16H19N5O2. The lowest BCUT2D eigenvalue weighted by Gasteiger charge is -2.20. The van der Waals surface area contributed by atoms with E-state index in [9.17, 15) is 4.79 Å². The second-order valence-corrected chi connectivity index (χ2v) is 6.14. The van der Waals surface area contributed by atoms with Gasteiger partial charge in [0.05, 0.1) is 18.2 Å². The number of nitrogens with one attached hydrogen (secondary N) is 2. The molecule has 4 rings (SSSR count). The Balaban J connectivity index is 1.41. The molecule has 2 saturated heterocycles. The standard InChI is InChI=1S/C16H19N5O2/c1-21-9-17-15(20-21)10-3-2-4-11(7-10)18-16(22)19-13-8-12-5-6-14(13)23-12/h2-4,7,9,12-14H,5-6,8H2,1H3,(H2,18,19,22)/t12-,13+,14-/m1/s1. The molecule has 1 aromatic heterocycles. The predicted octanol–water partition coefficient (Wildman–Crippen LogP) is 1.92. The first-order valence-electron chi connectivity index (χ1n) is 7.86. The Morgan fingerprint density at radius 2 is 2.30 bits per heavy atom. The fraction of sp³-hybridized carbons (Fsp3) is 0.438. The fourth-order valence-electron chi connectivity index (χ4n) is 3.33. The smallest absolute Gasteiger partial charge is 0.319 e. The van der Waals surface area contributed by atoms with E-state index in [4.69, 9.17) is 4.74 Å². The zero-order valence-corrected chi connectivity index (χ0v) is 12.9. The molecule has 120 valence electrons. The average molecular weight is 313 g/mol. The molecule has 2 N–H and O–H groups in total. The third-order valence-corrected chi connectivity index (χ3v) is 4.40. The van der Waals surface area contributed by atoms with Crippen LogP contribution in [-0.4, -0.2) is 39.0 Å². The van der Waals surface area contributed by atoms with E-state index in [0.717, 1.165) is 30.5 Å². The van der Waals surface area contributed by atoms with Gasteiger partial charge in [-0.15, -0.1) is 0 Å². The van der Waals surface area contributed by atoms with Crippen LogP contribution < -0.4 is 10.6 Å². The van der Waals surface area contributed by atoms with Gasteiger partial charge in [0.15, 0.2) is 5.82 Å². The van der Waals surface area contributed by atoms with Crippen LogP contribution in [0, 0.1) is 0 Å². The van der Waals surface area contributed by atoms with E-state index in [1.54, 1.807) is 11.0 Å². The lowest BCUT2D eigenvalue weighted by Crippen LogP contribution is -2.43. The lowest BCUT2D eigenvalue weighted by atomic mass is 9.96. The molecule has 0 unspecified atom stereocenters. The number of rotatable bonds is 3. The zero-order chi connectivity index (χ0) is 15.8. The van der Waals surface area contributed by atoms with Gasteiger partial charge >= 0.3 is 6.03 Å². The Bertz CT molecular complexity index is 729. The summed E-state index contributed by atoms with van der Waals surface area (Å²) in [6.45, 7) is 0. The molecule has 2 bridgehead atoms. The SMILES string of the molecule is Cn1cnc(-c2cccc(NC(=O)N[C@H]3C[C@H]4CC[C@H]3O4)c2)n1. The van der Waals surface area contributed by atoms with E-state index >= 15 is 0 Å². The van der Waals surface area contributed by atoms with Gasteiger partial charge in [-0.05, 0) is 31.4 Å². The summed E-state index contributed by atoms with van der Waals surface area (Å²) in [6, 6.07) is 7.44. The van der Waals surface area contributed by atoms with E-state index in [0.29, 0.717) is 11.9 Å². The molecule has 7 nitrogen and oxygen atoms in total. The quantitative estimate of drug-likeness (QED) is 0.907. The molecule has 2 amide bonds. The van der Waals surface area contributed by atoms with E-state index in [2.05, 4.69) is 20.7 Å². The molecule has 3 atom stereocenters. The van der Waals surface area contributed by atoms with Crippen LogP contribution in [0.25, 0.3) is 11.4 Å². The Morgan fingerprint density at radius 3 is 3.00 bits per heavy atom. The summed E-state index contributed by atoms with van der Waals surface area (Å²) >= 11 is 0. The van der Waals surface area contributed by atoms with Gasteiger partial charge in [-0.3, -0.25) is 4.68 Å². The van der Waals surface area contributed by atoms with Crippen LogP contribution in [0.5, 0.6) is 0 Å². The van der Waals surface area contributed by atoms with Crippen molar-refractivity contribution in [2.24, 2.45) is 7.05 Å². The van der Waals surface area contributed by atoms with Crippen LogP contribution >= 0.6 is 0 Å². The van der Waals surface area contributed by atoms with E-state index in [-0.39, 0.29) is 18.2 Å². The second kappa shape index (κ2) is 5.66. The monoisotopic (exact) mass is 313 g/mol. The molecule has 2 fully saturated rings. The molecule has 7 heteroatoms. The van der Waals surface area contributed by atoms with Crippen LogP contribution in [0.4, 0.5) is 10.5 Å². The zero-order valence-electron chi connectivity index (χ0n) is 12.9. The van der Waals surface area contributed by atoms with Gasteiger partial charge < -0.3 is 15.4 Å². The predicted molar refractivity (Wildman–Crippen MR) is 84.9 cm³/mol. The summed E-state index contributed by atoms with van der Waals surface area (Å²) < 4.78 is 7.40. The molecule has 23 heavy (non-hydrogen) atoms. The minimum Gasteiger partial charge on any atom is -0.373 e. The second-order valence-electron chi connectivity index (χ2n) is 6.14. The fourth-order valence-corrected chi connectivity index (χ4v) is 3.33. The number of carbonyl (C=O) groups is 1. The number of anilines is 1. The number of aryl methyl sites for hydroxylation is 1. The van der Waals surface area contributed by atoms with Gasteiger partial charge in [0, 0.05) is 18.3 Å². The molecular weight excluding hydrogens is 294 g/mol. The van der Waals surface area contributed by atoms with Gasteiger partial charge in [0.1, 0.15) is 6.33 Å². The van der Waals surface area contributed by atoms with Crippen molar-refractivity contribution in [3.05, 3.63) is 30.6 Å². The summed E-state index contributed by atoms with van der Waals surface area (Å²) in [4.78, 5) is 16.4. The van der Waals surface area contributed by atoms with Crippen LogP contribution in [0.2, 0.25) is 0 Å². The number of amides is 2. The van der Waals surface area contributed by atoms with Gasteiger partial charge in [0.25, 0.3) is 0 Å². The molecule has 1 aromatic carbocycles. The molecule has 0 spiro atoms. The Hall–Kier alpha value is -2.41. The lowest BCUT2D eigenvalue weighted by molar-refractivity contribution is 0.0984. The van der Waals surface area contributed by atoms with E-state index in [1.165, 1.54) is 0 Å². The molecule has 0 aliphatic carbocycles. The Morgan fingerprint density at radius 1 is 1.39 bits per heavy atom. The summed E-state index contributed by atoms with van der Waals surface area (Å²) in [5, 5.41) is 10.2. The van der Waals surface area contributed by atoms with Crippen molar-refractivity contribution < 1.29 is 9.53 Å². The van der Waals surface area contributed by atoms with Crippen molar-refractivity contribution in [2.75, 3.05) is 5.32 Å².